The number of carbonyl (C=O) groups is 3. The van der Waals surface area contributed by atoms with E-state index >= 15 is 0 Å². The summed E-state index contributed by atoms with van der Waals surface area (Å²) >= 11 is 0.987. The second kappa shape index (κ2) is 9.95. The van der Waals surface area contributed by atoms with E-state index in [0.29, 0.717) is 17.6 Å². The number of nitrogens with zero attached hydrogens (tertiary/aromatic N) is 3. The molecule has 4 amide bonds. The third-order valence-electron chi connectivity index (χ3n) is 4.77. The van der Waals surface area contributed by atoms with Crippen molar-refractivity contribution in [3.63, 3.8) is 0 Å². The van der Waals surface area contributed by atoms with E-state index in [9.17, 15) is 27.6 Å². The summed E-state index contributed by atoms with van der Waals surface area (Å²) in [6, 6.07) is 7.11. The lowest BCUT2D eigenvalue weighted by atomic mass is 10.1. The minimum absolute atomic E-state index is 0.0378. The summed E-state index contributed by atoms with van der Waals surface area (Å²) in [4.78, 5) is 35.6. The van der Waals surface area contributed by atoms with Crippen molar-refractivity contribution >= 4 is 35.3 Å². The zero-order chi connectivity index (χ0) is 24.2. The molecule has 0 spiro atoms. The first kappa shape index (κ1) is 23.3. The van der Waals surface area contributed by atoms with E-state index in [1.807, 2.05) is 0 Å². The number of hydrogen-bond acceptors (Lipinski definition) is 6. The number of benzene rings is 2. The van der Waals surface area contributed by atoms with E-state index in [1.165, 1.54) is 24.3 Å². The molecule has 1 aliphatic heterocycles. The summed E-state index contributed by atoms with van der Waals surface area (Å²) in [6.07, 6.45) is 0.188. The lowest BCUT2D eigenvalue weighted by Crippen LogP contribution is -2.53. The number of imide groups is 1. The molecule has 176 valence electrons. The third kappa shape index (κ3) is 5.54. The second-order valence-corrected chi connectivity index (χ2v) is 8.24. The molecule has 1 aromatic heterocycles. The van der Waals surface area contributed by atoms with Crippen molar-refractivity contribution < 1.29 is 27.6 Å². The average molecular weight is 490 g/mol. The summed E-state index contributed by atoms with van der Waals surface area (Å²) in [5.74, 6) is -2.94. The summed E-state index contributed by atoms with van der Waals surface area (Å²) in [6.45, 7) is 0. The molecule has 2 aromatic carbocycles. The van der Waals surface area contributed by atoms with E-state index in [-0.39, 0.29) is 29.4 Å². The van der Waals surface area contributed by atoms with Gasteiger partial charge >= 0.3 is 6.03 Å². The van der Waals surface area contributed by atoms with Crippen LogP contribution in [0.2, 0.25) is 0 Å². The molecule has 1 saturated heterocycles. The summed E-state index contributed by atoms with van der Waals surface area (Å²) in [7, 11) is 0. The highest BCUT2D eigenvalue weighted by atomic mass is 32.2. The molecule has 1 atom stereocenters. The molecule has 0 bridgehead atoms. The number of carbonyl (C=O) groups excluding carboxylic acids is 3. The van der Waals surface area contributed by atoms with Crippen molar-refractivity contribution in [3.05, 3.63) is 65.7 Å². The van der Waals surface area contributed by atoms with Gasteiger partial charge in [0.05, 0.1) is 11.4 Å². The van der Waals surface area contributed by atoms with Crippen molar-refractivity contribution in [1.82, 2.24) is 25.4 Å². The van der Waals surface area contributed by atoms with Gasteiger partial charge in [-0.25, -0.2) is 18.0 Å². The Morgan fingerprint density at radius 1 is 1.09 bits per heavy atom. The van der Waals surface area contributed by atoms with Crippen LogP contribution in [-0.4, -0.2) is 44.4 Å². The van der Waals surface area contributed by atoms with Crippen LogP contribution in [0, 0.1) is 17.5 Å². The van der Waals surface area contributed by atoms with Crippen molar-refractivity contribution in [2.75, 3.05) is 11.1 Å². The first-order valence-electron chi connectivity index (χ1n) is 9.97. The molecule has 2 heterocycles. The number of urea groups is 1. The number of aromatic nitrogens is 3. The minimum Gasteiger partial charge on any atom is -0.334 e. The molecule has 3 N–H and O–H groups in total. The van der Waals surface area contributed by atoms with Crippen LogP contribution in [-0.2, 0) is 16.0 Å². The summed E-state index contributed by atoms with van der Waals surface area (Å²) < 4.78 is 41.9. The van der Waals surface area contributed by atoms with Gasteiger partial charge in [0.15, 0.2) is 5.16 Å². The topological polar surface area (TPSA) is 118 Å². The Morgan fingerprint density at radius 3 is 2.53 bits per heavy atom. The molecular formula is C21H17F3N6O3S. The van der Waals surface area contributed by atoms with Crippen molar-refractivity contribution in [2.45, 2.75) is 24.0 Å². The maximum Gasteiger partial charge on any atom is 0.321 e. The Hall–Kier alpha value is -3.87. The molecule has 9 nitrogen and oxygen atoms in total. The van der Waals surface area contributed by atoms with E-state index in [2.05, 4.69) is 26.1 Å². The van der Waals surface area contributed by atoms with Crippen molar-refractivity contribution in [1.29, 1.82) is 0 Å². The van der Waals surface area contributed by atoms with E-state index in [4.69, 9.17) is 0 Å². The predicted molar refractivity (Wildman–Crippen MR) is 116 cm³/mol. The fourth-order valence-corrected chi connectivity index (χ4v) is 4.07. The van der Waals surface area contributed by atoms with Crippen LogP contribution in [0.25, 0.3) is 5.69 Å². The molecule has 0 radical (unpaired) electrons. The van der Waals surface area contributed by atoms with Crippen molar-refractivity contribution in [2.24, 2.45) is 0 Å². The van der Waals surface area contributed by atoms with Gasteiger partial charge in [-0.15, -0.1) is 10.2 Å². The first-order chi connectivity index (χ1) is 16.3. The molecule has 34 heavy (non-hydrogen) atoms. The smallest absolute Gasteiger partial charge is 0.321 e. The summed E-state index contributed by atoms with van der Waals surface area (Å²) in [5, 5.41) is 15.6. The molecule has 0 aliphatic carbocycles. The van der Waals surface area contributed by atoms with E-state index < -0.39 is 41.3 Å². The molecule has 1 fully saturated rings. The van der Waals surface area contributed by atoms with Crippen LogP contribution in [0.15, 0.2) is 47.6 Å². The Bertz CT molecular complexity index is 1240. The zero-order valence-corrected chi connectivity index (χ0v) is 18.2. The number of nitrogens with one attached hydrogen (secondary N) is 3. The van der Waals surface area contributed by atoms with Crippen molar-refractivity contribution in [3.8, 4) is 5.69 Å². The number of rotatable bonds is 7. The molecule has 0 saturated carbocycles. The molecule has 1 unspecified atom stereocenters. The van der Waals surface area contributed by atoms with Crippen LogP contribution in [0.1, 0.15) is 12.2 Å². The zero-order valence-electron chi connectivity index (χ0n) is 17.3. The lowest BCUT2D eigenvalue weighted by Gasteiger charge is -2.23. The van der Waals surface area contributed by atoms with Gasteiger partial charge in [-0.3, -0.25) is 19.5 Å². The SMILES string of the molecule is O=C1CC(Cc2nnc(SCC(=O)Nc3ccc(F)cc3F)n2-c2ccc(F)cc2)NC(=O)N1. The normalized spacial score (nSPS) is 15.6. The fraction of sp³-hybridized carbons (Fsp3) is 0.190. The largest absolute Gasteiger partial charge is 0.334 e. The van der Waals surface area contributed by atoms with Gasteiger partial charge in [0, 0.05) is 30.6 Å². The van der Waals surface area contributed by atoms with Gasteiger partial charge in [-0.1, -0.05) is 11.8 Å². The maximum atomic E-state index is 13.8. The van der Waals surface area contributed by atoms with E-state index in [1.54, 1.807) is 4.57 Å². The Kier molecular flexibility index (Phi) is 6.82. The van der Waals surface area contributed by atoms with Gasteiger partial charge in [0.1, 0.15) is 23.3 Å². The Balaban J connectivity index is 1.53. The lowest BCUT2D eigenvalue weighted by molar-refractivity contribution is -0.121. The second-order valence-electron chi connectivity index (χ2n) is 7.30. The maximum absolute atomic E-state index is 13.8. The quantitative estimate of drug-likeness (QED) is 0.438. The fourth-order valence-electron chi connectivity index (χ4n) is 3.30. The highest BCUT2D eigenvalue weighted by Crippen LogP contribution is 2.24. The highest BCUT2D eigenvalue weighted by Gasteiger charge is 2.27. The molecule has 13 heteroatoms. The Morgan fingerprint density at radius 2 is 1.82 bits per heavy atom. The monoisotopic (exact) mass is 490 g/mol. The molecule has 1 aliphatic rings. The average Bonchev–Trinajstić information content (AvgIpc) is 3.16. The van der Waals surface area contributed by atoms with Gasteiger partial charge in [0.2, 0.25) is 11.8 Å². The number of thioether (sulfide) groups is 1. The molecular weight excluding hydrogens is 473 g/mol. The van der Waals surface area contributed by atoms with Gasteiger partial charge in [-0.05, 0) is 36.4 Å². The first-order valence-corrected chi connectivity index (χ1v) is 11.0. The summed E-state index contributed by atoms with van der Waals surface area (Å²) in [5.41, 5.74) is 0.333. The van der Waals surface area contributed by atoms with Gasteiger partial charge in [-0.2, -0.15) is 0 Å². The number of hydrogen-bond donors (Lipinski definition) is 3. The van der Waals surface area contributed by atoms with Gasteiger partial charge in [0.25, 0.3) is 0 Å². The number of amides is 4. The molecule has 3 aromatic rings. The van der Waals surface area contributed by atoms with Gasteiger partial charge < -0.3 is 10.6 Å². The highest BCUT2D eigenvalue weighted by molar-refractivity contribution is 7.99. The van der Waals surface area contributed by atoms with Crippen LogP contribution < -0.4 is 16.0 Å². The minimum atomic E-state index is -0.909. The van der Waals surface area contributed by atoms with Crippen LogP contribution >= 0.6 is 11.8 Å². The molecule has 4 rings (SSSR count). The van der Waals surface area contributed by atoms with E-state index in [0.717, 1.165) is 23.9 Å². The predicted octanol–water partition coefficient (Wildman–Crippen LogP) is 2.56. The standard InChI is InChI=1S/C21H17F3N6O3S/c22-11-1-4-14(5-2-11)30-17(8-13-9-18(31)27-20(33)25-13)28-29-21(30)34-10-19(32)26-16-6-3-12(23)7-15(16)24/h1-7,13H,8-10H2,(H,26,32)(H2,25,27,31,33). The third-order valence-corrected chi connectivity index (χ3v) is 5.70. The number of halogens is 3. The van der Waals surface area contributed by atoms with Crippen LogP contribution in [0.3, 0.4) is 0 Å². The number of anilines is 1. The van der Waals surface area contributed by atoms with Crippen LogP contribution in [0.4, 0.5) is 23.7 Å². The van der Waals surface area contributed by atoms with Crippen LogP contribution in [0.5, 0.6) is 0 Å². The Labute approximate surface area is 195 Å².